The zero-order valence-corrected chi connectivity index (χ0v) is 16.2. The van der Waals surface area contributed by atoms with Gasteiger partial charge in [0, 0.05) is 0 Å². The third-order valence-electron chi connectivity index (χ3n) is 3.31. The van der Waals surface area contributed by atoms with Gasteiger partial charge in [-0.05, 0) is 24.1 Å². The van der Waals surface area contributed by atoms with Crippen LogP contribution in [0.1, 0.15) is 46.0 Å². The van der Waals surface area contributed by atoms with Gasteiger partial charge in [0.25, 0.3) is 0 Å². The Balaban J connectivity index is 0.000000696. The molecule has 0 aliphatic rings. The number of ether oxygens (including phenoxy) is 2. The standard InChI is InChI=1S/C19H20O4.H3O4P/c1-2-3-13-22-18(20)16-11-7-8-12-17(16)19(21)23-14-15-9-5-4-6-10-15;1-5(2,3)4/h4-12H,2-3,13-14H2,1H3;(H3,1,2,3,4). The van der Waals surface area contributed by atoms with Gasteiger partial charge in [0.05, 0.1) is 17.7 Å². The Morgan fingerprint density at radius 3 is 1.82 bits per heavy atom. The maximum absolute atomic E-state index is 12.2. The van der Waals surface area contributed by atoms with Crippen LogP contribution in [0.2, 0.25) is 0 Å². The van der Waals surface area contributed by atoms with Crippen molar-refractivity contribution >= 4 is 19.8 Å². The molecule has 0 aliphatic carbocycles. The number of carbonyl (C=O) groups is 2. The normalized spacial score (nSPS) is 10.4. The molecule has 152 valence electrons. The van der Waals surface area contributed by atoms with Crippen LogP contribution in [0.3, 0.4) is 0 Å². The monoisotopic (exact) mass is 410 g/mol. The lowest BCUT2D eigenvalue weighted by Crippen LogP contribution is -2.14. The van der Waals surface area contributed by atoms with Crippen molar-refractivity contribution in [3.05, 3.63) is 71.3 Å². The van der Waals surface area contributed by atoms with Gasteiger partial charge in [0.2, 0.25) is 0 Å². The van der Waals surface area contributed by atoms with Crippen molar-refractivity contribution in [2.75, 3.05) is 6.61 Å². The van der Waals surface area contributed by atoms with Crippen molar-refractivity contribution in [1.82, 2.24) is 0 Å². The molecular weight excluding hydrogens is 387 g/mol. The highest BCUT2D eigenvalue weighted by Crippen LogP contribution is 2.25. The van der Waals surface area contributed by atoms with Crippen LogP contribution < -0.4 is 0 Å². The van der Waals surface area contributed by atoms with Gasteiger partial charge >= 0.3 is 19.8 Å². The molecule has 2 aromatic rings. The molecule has 0 heterocycles. The number of benzene rings is 2. The average Bonchev–Trinajstić information content (AvgIpc) is 2.66. The van der Waals surface area contributed by atoms with E-state index in [1.165, 1.54) is 0 Å². The first-order valence-electron chi connectivity index (χ1n) is 8.48. The van der Waals surface area contributed by atoms with Crippen LogP contribution in [0.4, 0.5) is 0 Å². The number of rotatable bonds is 7. The third kappa shape index (κ3) is 9.99. The van der Waals surface area contributed by atoms with Gasteiger partial charge in [-0.15, -0.1) is 0 Å². The molecule has 8 nitrogen and oxygen atoms in total. The van der Waals surface area contributed by atoms with E-state index in [0.29, 0.717) is 6.61 Å². The first kappa shape index (κ1) is 23.5. The van der Waals surface area contributed by atoms with Crippen molar-refractivity contribution in [1.29, 1.82) is 0 Å². The minimum Gasteiger partial charge on any atom is -0.462 e. The summed E-state index contributed by atoms with van der Waals surface area (Å²) in [5, 5.41) is 0. The highest BCUT2D eigenvalue weighted by molar-refractivity contribution is 7.45. The Labute approximate surface area is 163 Å². The second-order valence-corrected chi connectivity index (χ2v) is 6.64. The van der Waals surface area contributed by atoms with E-state index in [-0.39, 0.29) is 17.7 Å². The molecule has 0 atom stereocenters. The topological polar surface area (TPSA) is 130 Å². The average molecular weight is 410 g/mol. The fraction of sp³-hybridized carbons (Fsp3) is 0.263. The van der Waals surface area contributed by atoms with Gasteiger partial charge in [0.15, 0.2) is 0 Å². The van der Waals surface area contributed by atoms with Crippen LogP contribution in [-0.4, -0.2) is 33.2 Å². The van der Waals surface area contributed by atoms with Crippen LogP contribution in [0.15, 0.2) is 54.6 Å². The van der Waals surface area contributed by atoms with E-state index < -0.39 is 19.8 Å². The van der Waals surface area contributed by atoms with Gasteiger partial charge < -0.3 is 24.2 Å². The molecule has 0 spiro atoms. The van der Waals surface area contributed by atoms with E-state index >= 15 is 0 Å². The Hall–Kier alpha value is -2.51. The lowest BCUT2D eigenvalue weighted by atomic mass is 10.1. The summed E-state index contributed by atoms with van der Waals surface area (Å²) in [6.45, 7) is 2.53. The van der Waals surface area contributed by atoms with Crippen molar-refractivity contribution in [2.24, 2.45) is 0 Å². The van der Waals surface area contributed by atoms with Crippen molar-refractivity contribution in [3.8, 4) is 0 Å². The number of phosphoric acid groups is 1. The van der Waals surface area contributed by atoms with E-state index in [0.717, 1.165) is 18.4 Å². The first-order valence-corrected chi connectivity index (χ1v) is 10.0. The molecule has 0 amide bonds. The molecule has 0 saturated carbocycles. The maximum Gasteiger partial charge on any atom is 0.466 e. The zero-order valence-electron chi connectivity index (χ0n) is 15.4. The molecule has 0 bridgehead atoms. The maximum atomic E-state index is 12.2. The van der Waals surface area contributed by atoms with E-state index in [1.807, 2.05) is 37.3 Å². The van der Waals surface area contributed by atoms with Gasteiger partial charge in [-0.25, -0.2) is 14.2 Å². The Kier molecular flexibility index (Phi) is 10.1. The number of unbranched alkanes of at least 4 members (excludes halogenated alkanes) is 1. The van der Waals surface area contributed by atoms with E-state index in [1.54, 1.807) is 24.3 Å². The SMILES string of the molecule is CCCCOC(=O)c1ccccc1C(=O)OCc1ccccc1.O=P(O)(O)O. The van der Waals surface area contributed by atoms with E-state index in [4.69, 9.17) is 28.7 Å². The Bertz CT molecular complexity index is 792. The molecule has 9 heteroatoms. The molecule has 0 fully saturated rings. The zero-order chi connectivity index (χ0) is 21.0. The second-order valence-electron chi connectivity index (χ2n) is 5.61. The predicted molar refractivity (Wildman–Crippen MR) is 101 cm³/mol. The molecule has 0 radical (unpaired) electrons. The minimum atomic E-state index is -4.64. The van der Waals surface area contributed by atoms with E-state index in [2.05, 4.69) is 0 Å². The summed E-state index contributed by atoms with van der Waals surface area (Å²) in [5.41, 5.74) is 1.36. The fourth-order valence-electron chi connectivity index (χ4n) is 2.03. The van der Waals surface area contributed by atoms with Crippen molar-refractivity contribution in [3.63, 3.8) is 0 Å². The van der Waals surface area contributed by atoms with Crippen molar-refractivity contribution < 1.29 is 38.3 Å². The highest BCUT2D eigenvalue weighted by atomic mass is 31.2. The van der Waals surface area contributed by atoms with Crippen LogP contribution in [0.5, 0.6) is 0 Å². The molecule has 3 N–H and O–H groups in total. The van der Waals surface area contributed by atoms with E-state index in [9.17, 15) is 9.59 Å². The molecule has 2 rings (SSSR count). The molecule has 2 aromatic carbocycles. The molecule has 28 heavy (non-hydrogen) atoms. The molecule has 0 unspecified atom stereocenters. The van der Waals surface area contributed by atoms with Crippen LogP contribution in [0, 0.1) is 0 Å². The van der Waals surface area contributed by atoms with Crippen LogP contribution in [-0.2, 0) is 20.6 Å². The third-order valence-corrected chi connectivity index (χ3v) is 3.31. The lowest BCUT2D eigenvalue weighted by molar-refractivity contribution is 0.0437. The summed E-state index contributed by atoms with van der Waals surface area (Å²) in [7, 11) is -4.64. The lowest BCUT2D eigenvalue weighted by Gasteiger charge is -2.09. The minimum absolute atomic E-state index is 0.166. The fourth-order valence-corrected chi connectivity index (χ4v) is 2.03. The van der Waals surface area contributed by atoms with Crippen LogP contribution >= 0.6 is 7.82 Å². The highest BCUT2D eigenvalue weighted by Gasteiger charge is 2.18. The summed E-state index contributed by atoms with van der Waals surface area (Å²) in [4.78, 5) is 45.9. The number of esters is 2. The number of hydrogen-bond acceptors (Lipinski definition) is 5. The first-order chi connectivity index (χ1) is 13.2. The summed E-state index contributed by atoms with van der Waals surface area (Å²) < 4.78 is 19.3. The summed E-state index contributed by atoms with van der Waals surface area (Å²) in [6.07, 6.45) is 1.74. The summed E-state index contributed by atoms with van der Waals surface area (Å²) >= 11 is 0. The molecular formula is C19H23O8P. The van der Waals surface area contributed by atoms with Crippen molar-refractivity contribution in [2.45, 2.75) is 26.4 Å². The van der Waals surface area contributed by atoms with Gasteiger partial charge in [-0.1, -0.05) is 55.8 Å². The quantitative estimate of drug-likeness (QED) is 0.361. The number of carbonyl (C=O) groups excluding carboxylic acids is 2. The molecule has 0 saturated heterocycles. The second kappa shape index (κ2) is 12.0. The smallest absolute Gasteiger partial charge is 0.462 e. The van der Waals surface area contributed by atoms with Gasteiger partial charge in [0.1, 0.15) is 6.61 Å². The van der Waals surface area contributed by atoms with Gasteiger partial charge in [-0.2, -0.15) is 0 Å². The summed E-state index contributed by atoms with van der Waals surface area (Å²) in [6, 6.07) is 15.9. The van der Waals surface area contributed by atoms with Crippen LogP contribution in [0.25, 0.3) is 0 Å². The Morgan fingerprint density at radius 2 is 1.32 bits per heavy atom. The largest absolute Gasteiger partial charge is 0.466 e. The molecule has 0 aliphatic heterocycles. The predicted octanol–water partition coefficient (Wildman–Crippen LogP) is 3.07. The number of hydrogen-bond donors (Lipinski definition) is 3. The van der Waals surface area contributed by atoms with Gasteiger partial charge in [-0.3, -0.25) is 0 Å². The Morgan fingerprint density at radius 1 is 0.857 bits per heavy atom. The summed E-state index contributed by atoms with van der Waals surface area (Å²) in [5.74, 6) is -1.03. The molecule has 0 aromatic heterocycles.